The van der Waals surface area contributed by atoms with Crippen LogP contribution in [0.1, 0.15) is 16.7 Å². The zero-order valence-electron chi connectivity index (χ0n) is 17.5. The summed E-state index contributed by atoms with van der Waals surface area (Å²) >= 11 is 12.2. The van der Waals surface area contributed by atoms with E-state index in [0.717, 1.165) is 16.0 Å². The number of carbonyl (C=O) groups is 3. The van der Waals surface area contributed by atoms with Gasteiger partial charge in [0.15, 0.2) is 0 Å². The van der Waals surface area contributed by atoms with E-state index in [2.05, 4.69) is 5.32 Å². The molecule has 0 saturated carbocycles. The highest BCUT2D eigenvalue weighted by Gasteiger charge is 2.36. The second-order valence-electron chi connectivity index (χ2n) is 7.36. The Kier molecular flexibility index (Phi) is 6.49. The molecule has 33 heavy (non-hydrogen) atoms. The molecule has 1 N–H and O–H groups in total. The maximum absolute atomic E-state index is 13.1. The molecule has 4 rings (SSSR count). The van der Waals surface area contributed by atoms with Crippen molar-refractivity contribution in [3.05, 3.63) is 99.0 Å². The highest BCUT2D eigenvalue weighted by Crippen LogP contribution is 2.27. The molecule has 0 unspecified atom stereocenters. The Morgan fingerprint density at radius 1 is 0.970 bits per heavy atom. The molecule has 0 spiro atoms. The minimum atomic E-state index is -0.798. The zero-order valence-corrected chi connectivity index (χ0v) is 19.0. The Balaban J connectivity index is 1.63. The van der Waals surface area contributed by atoms with Crippen molar-refractivity contribution in [2.45, 2.75) is 13.5 Å². The van der Waals surface area contributed by atoms with Crippen LogP contribution >= 0.6 is 23.2 Å². The first kappa shape index (κ1) is 22.6. The molecule has 166 valence electrons. The number of halogens is 2. The van der Waals surface area contributed by atoms with Gasteiger partial charge in [-0.05, 0) is 43.3 Å². The summed E-state index contributed by atoms with van der Waals surface area (Å²) in [6.07, 6.45) is 1.41. The van der Waals surface area contributed by atoms with E-state index in [-0.39, 0.29) is 12.2 Å². The smallest absolute Gasteiger partial charge is 0.335 e. The highest BCUT2D eigenvalue weighted by atomic mass is 35.5. The number of anilines is 1. The number of barbiturate groups is 1. The Hall–Kier alpha value is -3.61. The highest BCUT2D eigenvalue weighted by molar-refractivity contribution is 6.39. The summed E-state index contributed by atoms with van der Waals surface area (Å²) in [5, 5.41) is 3.20. The fourth-order valence-corrected chi connectivity index (χ4v) is 3.73. The lowest BCUT2D eigenvalue weighted by Crippen LogP contribution is -2.54. The quantitative estimate of drug-likeness (QED) is 0.383. The van der Waals surface area contributed by atoms with Crippen LogP contribution in [0.5, 0.6) is 5.75 Å². The second kappa shape index (κ2) is 9.48. The summed E-state index contributed by atoms with van der Waals surface area (Å²) in [6, 6.07) is 18.1. The van der Waals surface area contributed by atoms with Gasteiger partial charge in [0.25, 0.3) is 11.8 Å². The summed E-state index contributed by atoms with van der Waals surface area (Å²) < 4.78 is 5.91. The third-order valence-corrected chi connectivity index (χ3v) is 5.60. The number of aryl methyl sites for hydroxylation is 1. The number of imide groups is 2. The van der Waals surface area contributed by atoms with Crippen LogP contribution in [0.3, 0.4) is 0 Å². The SMILES string of the molecule is Cc1ccc(N2C(=O)NC(=O)/C(=C\c3ccccc3OCc3ccc(Cl)cc3Cl)C2=O)cc1. The van der Waals surface area contributed by atoms with Gasteiger partial charge >= 0.3 is 6.03 Å². The number of hydrogen-bond donors (Lipinski definition) is 1. The van der Waals surface area contributed by atoms with Gasteiger partial charge in [0.2, 0.25) is 0 Å². The van der Waals surface area contributed by atoms with Crippen LogP contribution in [-0.2, 0) is 16.2 Å². The van der Waals surface area contributed by atoms with Crippen LogP contribution in [0.2, 0.25) is 10.0 Å². The number of nitrogens with zero attached hydrogens (tertiary/aromatic N) is 1. The van der Waals surface area contributed by atoms with Crippen LogP contribution < -0.4 is 15.0 Å². The first-order valence-corrected chi connectivity index (χ1v) is 10.7. The van der Waals surface area contributed by atoms with E-state index in [0.29, 0.717) is 27.0 Å². The van der Waals surface area contributed by atoms with Crippen LogP contribution in [0.25, 0.3) is 6.08 Å². The summed E-state index contributed by atoms with van der Waals surface area (Å²) in [5.74, 6) is -1.05. The van der Waals surface area contributed by atoms with Crippen molar-refractivity contribution >= 4 is 52.8 Å². The molecular weight excluding hydrogens is 463 g/mol. The lowest BCUT2D eigenvalue weighted by atomic mass is 10.1. The zero-order chi connectivity index (χ0) is 23.5. The van der Waals surface area contributed by atoms with Gasteiger partial charge in [-0.25, -0.2) is 9.69 Å². The van der Waals surface area contributed by atoms with E-state index < -0.39 is 17.8 Å². The molecule has 1 fully saturated rings. The fourth-order valence-electron chi connectivity index (χ4n) is 3.27. The normalized spacial score (nSPS) is 15.1. The predicted molar refractivity (Wildman–Crippen MR) is 127 cm³/mol. The molecular formula is C25H18Cl2N2O4. The number of nitrogens with one attached hydrogen (secondary N) is 1. The molecule has 8 heteroatoms. The first-order chi connectivity index (χ1) is 15.8. The minimum Gasteiger partial charge on any atom is -0.488 e. The fraction of sp³-hybridized carbons (Fsp3) is 0.0800. The molecule has 0 aliphatic carbocycles. The Labute approximate surface area is 200 Å². The van der Waals surface area contributed by atoms with Crippen molar-refractivity contribution in [3.63, 3.8) is 0 Å². The largest absolute Gasteiger partial charge is 0.488 e. The summed E-state index contributed by atoms with van der Waals surface area (Å²) in [4.78, 5) is 38.9. The average molecular weight is 481 g/mol. The summed E-state index contributed by atoms with van der Waals surface area (Å²) in [5.41, 5.74) is 2.38. The molecule has 1 aliphatic rings. The van der Waals surface area contributed by atoms with Gasteiger partial charge in [-0.3, -0.25) is 14.9 Å². The monoisotopic (exact) mass is 480 g/mol. The maximum Gasteiger partial charge on any atom is 0.335 e. The number of para-hydroxylation sites is 1. The molecule has 0 atom stereocenters. The van der Waals surface area contributed by atoms with Gasteiger partial charge in [-0.1, -0.05) is 65.2 Å². The van der Waals surface area contributed by atoms with E-state index in [4.69, 9.17) is 27.9 Å². The predicted octanol–water partition coefficient (Wildman–Crippen LogP) is 5.55. The Morgan fingerprint density at radius 2 is 1.70 bits per heavy atom. The summed E-state index contributed by atoms with van der Waals surface area (Å²) in [6.45, 7) is 2.05. The van der Waals surface area contributed by atoms with Crippen LogP contribution in [-0.4, -0.2) is 17.8 Å². The standard InChI is InChI=1S/C25H18Cl2N2O4/c1-15-6-10-19(11-7-15)29-24(31)20(23(30)28-25(29)32)12-16-4-2-3-5-22(16)33-14-17-8-9-18(26)13-21(17)27/h2-13H,14H2,1H3,(H,28,30,32)/b20-12+. The topological polar surface area (TPSA) is 75.7 Å². The lowest BCUT2D eigenvalue weighted by molar-refractivity contribution is -0.122. The summed E-state index contributed by atoms with van der Waals surface area (Å²) in [7, 11) is 0. The molecule has 1 heterocycles. The molecule has 4 amide bonds. The van der Waals surface area contributed by atoms with Crippen LogP contribution in [0.4, 0.5) is 10.5 Å². The molecule has 0 radical (unpaired) electrons. The van der Waals surface area contributed by atoms with Crippen LogP contribution in [0, 0.1) is 6.92 Å². The van der Waals surface area contributed by atoms with Gasteiger partial charge in [-0.15, -0.1) is 0 Å². The average Bonchev–Trinajstić information content (AvgIpc) is 2.78. The number of urea groups is 1. The number of ether oxygens (including phenoxy) is 1. The van der Waals surface area contributed by atoms with Crippen LogP contribution in [0.15, 0.2) is 72.3 Å². The van der Waals surface area contributed by atoms with E-state index in [1.807, 2.05) is 6.92 Å². The third kappa shape index (κ3) is 4.92. The third-order valence-electron chi connectivity index (χ3n) is 5.01. The molecule has 1 saturated heterocycles. The van der Waals surface area contributed by atoms with Crippen molar-refractivity contribution in [2.24, 2.45) is 0 Å². The van der Waals surface area contributed by atoms with Gasteiger partial charge in [0.1, 0.15) is 17.9 Å². The van der Waals surface area contributed by atoms with Crippen molar-refractivity contribution in [1.82, 2.24) is 5.32 Å². The molecule has 0 aromatic heterocycles. The molecule has 0 bridgehead atoms. The van der Waals surface area contributed by atoms with E-state index in [1.54, 1.807) is 66.7 Å². The van der Waals surface area contributed by atoms with Crippen molar-refractivity contribution in [2.75, 3.05) is 4.90 Å². The molecule has 3 aromatic rings. The van der Waals surface area contributed by atoms with Crippen molar-refractivity contribution in [1.29, 1.82) is 0 Å². The first-order valence-electron chi connectivity index (χ1n) is 9.97. The number of amides is 4. The van der Waals surface area contributed by atoms with Gasteiger partial charge in [0, 0.05) is 21.2 Å². The van der Waals surface area contributed by atoms with E-state index in [1.165, 1.54) is 6.08 Å². The second-order valence-corrected chi connectivity index (χ2v) is 8.20. The number of carbonyl (C=O) groups excluding carboxylic acids is 3. The number of benzene rings is 3. The van der Waals surface area contributed by atoms with Crippen molar-refractivity contribution in [3.8, 4) is 5.75 Å². The van der Waals surface area contributed by atoms with Crippen molar-refractivity contribution < 1.29 is 19.1 Å². The van der Waals surface area contributed by atoms with E-state index >= 15 is 0 Å². The molecule has 6 nitrogen and oxygen atoms in total. The van der Waals surface area contributed by atoms with Gasteiger partial charge in [0.05, 0.1) is 5.69 Å². The maximum atomic E-state index is 13.1. The molecule has 1 aliphatic heterocycles. The number of rotatable bonds is 5. The molecule has 3 aromatic carbocycles. The lowest BCUT2D eigenvalue weighted by Gasteiger charge is -2.26. The minimum absolute atomic E-state index is 0.157. The number of hydrogen-bond acceptors (Lipinski definition) is 4. The Bertz CT molecular complexity index is 1290. The van der Waals surface area contributed by atoms with Gasteiger partial charge < -0.3 is 4.74 Å². The van der Waals surface area contributed by atoms with E-state index in [9.17, 15) is 14.4 Å². The van der Waals surface area contributed by atoms with Gasteiger partial charge in [-0.2, -0.15) is 0 Å². The Morgan fingerprint density at radius 3 is 2.42 bits per heavy atom.